The molecule has 1 aliphatic heterocycles. The van der Waals surface area contributed by atoms with Gasteiger partial charge in [0.2, 0.25) is 0 Å². The molecular weight excluding hydrogens is 415 g/mol. The van der Waals surface area contributed by atoms with Crippen molar-refractivity contribution in [2.24, 2.45) is 5.92 Å². The lowest BCUT2D eigenvalue weighted by Gasteiger charge is -2.43. The minimum Gasteiger partial charge on any atom is -0.493 e. The maximum Gasteiger partial charge on any atom is 0.161 e. The summed E-state index contributed by atoms with van der Waals surface area (Å²) in [5, 5.41) is 3.45. The van der Waals surface area contributed by atoms with Crippen LogP contribution in [0.15, 0.2) is 16.6 Å². The van der Waals surface area contributed by atoms with Crippen molar-refractivity contribution in [1.29, 1.82) is 0 Å². The monoisotopic (exact) mass is 440 g/mol. The molecule has 1 atom stereocenters. The molecule has 0 amide bonds. The van der Waals surface area contributed by atoms with Crippen molar-refractivity contribution in [3.8, 4) is 11.5 Å². The SMILES string of the molecule is COc1cc(Br)c([C@H](C2CCC2)N2CCNCC2)cc1OC.Cl.Cl. The van der Waals surface area contributed by atoms with E-state index < -0.39 is 0 Å². The van der Waals surface area contributed by atoms with Crippen molar-refractivity contribution in [3.05, 3.63) is 22.2 Å². The Morgan fingerprint density at radius 3 is 2.17 bits per heavy atom. The predicted octanol–water partition coefficient (Wildman–Crippen LogP) is 4.06. The van der Waals surface area contributed by atoms with E-state index in [0.717, 1.165) is 48.1 Å². The highest BCUT2D eigenvalue weighted by atomic mass is 79.9. The third kappa shape index (κ3) is 4.50. The minimum absolute atomic E-state index is 0. The van der Waals surface area contributed by atoms with Crippen LogP contribution in [0.1, 0.15) is 30.9 Å². The van der Waals surface area contributed by atoms with Gasteiger partial charge in [-0.15, -0.1) is 24.8 Å². The van der Waals surface area contributed by atoms with Crippen LogP contribution in [-0.2, 0) is 0 Å². The van der Waals surface area contributed by atoms with Crippen LogP contribution in [0.5, 0.6) is 11.5 Å². The quantitative estimate of drug-likeness (QED) is 0.746. The fraction of sp³-hybridized carbons (Fsp3) is 0.647. The summed E-state index contributed by atoms with van der Waals surface area (Å²) in [6.45, 7) is 4.38. The minimum atomic E-state index is 0. The molecule has 1 heterocycles. The molecule has 1 saturated carbocycles. The van der Waals surface area contributed by atoms with Crippen molar-refractivity contribution in [3.63, 3.8) is 0 Å². The van der Waals surface area contributed by atoms with Crippen LogP contribution in [0.2, 0.25) is 0 Å². The van der Waals surface area contributed by atoms with E-state index in [2.05, 4.69) is 32.2 Å². The summed E-state index contributed by atoms with van der Waals surface area (Å²) in [6.07, 6.45) is 4.02. The second kappa shape index (κ2) is 10.1. The zero-order valence-electron chi connectivity index (χ0n) is 14.2. The number of nitrogens with zero attached hydrogens (tertiary/aromatic N) is 1. The Morgan fingerprint density at radius 1 is 1.08 bits per heavy atom. The Hall–Kier alpha value is -0.200. The van der Waals surface area contributed by atoms with Crippen LogP contribution < -0.4 is 14.8 Å². The van der Waals surface area contributed by atoms with Gasteiger partial charge in [0.1, 0.15) is 0 Å². The Labute approximate surface area is 165 Å². The van der Waals surface area contributed by atoms with E-state index in [0.29, 0.717) is 6.04 Å². The van der Waals surface area contributed by atoms with Crippen LogP contribution in [-0.4, -0.2) is 45.3 Å². The van der Waals surface area contributed by atoms with E-state index in [1.807, 2.05) is 6.07 Å². The molecule has 1 aromatic rings. The first-order valence-corrected chi connectivity index (χ1v) is 8.90. The van der Waals surface area contributed by atoms with Gasteiger partial charge >= 0.3 is 0 Å². The molecule has 138 valence electrons. The van der Waals surface area contributed by atoms with Gasteiger partial charge in [0, 0.05) is 36.7 Å². The molecule has 0 aromatic heterocycles. The van der Waals surface area contributed by atoms with Crippen LogP contribution in [0.3, 0.4) is 0 Å². The van der Waals surface area contributed by atoms with Gasteiger partial charge in [-0.3, -0.25) is 4.90 Å². The molecule has 1 aliphatic carbocycles. The average Bonchev–Trinajstić information content (AvgIpc) is 2.51. The molecule has 7 heteroatoms. The highest BCUT2D eigenvalue weighted by Gasteiger charge is 2.35. The summed E-state index contributed by atoms with van der Waals surface area (Å²) in [4.78, 5) is 2.63. The van der Waals surface area contributed by atoms with Crippen molar-refractivity contribution < 1.29 is 9.47 Å². The van der Waals surface area contributed by atoms with Crippen LogP contribution in [0.4, 0.5) is 0 Å². The van der Waals surface area contributed by atoms with Crippen molar-refractivity contribution in [2.75, 3.05) is 40.4 Å². The van der Waals surface area contributed by atoms with E-state index in [1.54, 1.807) is 14.2 Å². The number of ether oxygens (including phenoxy) is 2. The van der Waals surface area contributed by atoms with Gasteiger partial charge in [-0.05, 0) is 36.5 Å². The average molecular weight is 442 g/mol. The number of hydrogen-bond acceptors (Lipinski definition) is 4. The molecule has 1 N–H and O–H groups in total. The molecule has 2 aliphatic rings. The fourth-order valence-corrected chi connectivity index (χ4v) is 4.12. The first-order valence-electron chi connectivity index (χ1n) is 8.10. The zero-order chi connectivity index (χ0) is 15.5. The smallest absolute Gasteiger partial charge is 0.161 e. The molecule has 0 bridgehead atoms. The highest BCUT2D eigenvalue weighted by Crippen LogP contribution is 2.46. The predicted molar refractivity (Wildman–Crippen MR) is 106 cm³/mol. The number of benzene rings is 1. The number of methoxy groups -OCH3 is 2. The van der Waals surface area contributed by atoms with Crippen LogP contribution in [0, 0.1) is 5.92 Å². The molecule has 1 aromatic carbocycles. The van der Waals surface area contributed by atoms with Gasteiger partial charge in [0.25, 0.3) is 0 Å². The van der Waals surface area contributed by atoms with Crippen molar-refractivity contribution >= 4 is 40.7 Å². The largest absolute Gasteiger partial charge is 0.493 e. The molecular formula is C17H27BrCl2N2O2. The normalized spacial score (nSPS) is 19.5. The van der Waals surface area contributed by atoms with E-state index in [-0.39, 0.29) is 24.8 Å². The van der Waals surface area contributed by atoms with E-state index in [4.69, 9.17) is 9.47 Å². The summed E-state index contributed by atoms with van der Waals surface area (Å²) >= 11 is 3.76. The Bertz CT molecular complexity index is 524. The molecule has 0 radical (unpaired) electrons. The van der Waals surface area contributed by atoms with Crippen LogP contribution in [0.25, 0.3) is 0 Å². The van der Waals surface area contributed by atoms with Gasteiger partial charge in [-0.2, -0.15) is 0 Å². The van der Waals surface area contributed by atoms with Gasteiger partial charge < -0.3 is 14.8 Å². The molecule has 3 rings (SSSR count). The fourth-order valence-electron chi connectivity index (χ4n) is 3.56. The van der Waals surface area contributed by atoms with Gasteiger partial charge in [0.15, 0.2) is 11.5 Å². The second-order valence-electron chi connectivity index (χ2n) is 6.15. The standard InChI is InChI=1S/C17H25BrN2O2.2ClH/c1-21-15-10-13(14(18)11-16(15)22-2)17(12-4-3-5-12)20-8-6-19-7-9-20;;/h10-12,17,19H,3-9H2,1-2H3;2*1H/t17-;;/m0../s1. The number of halogens is 3. The van der Waals surface area contributed by atoms with Gasteiger partial charge in [-0.1, -0.05) is 22.4 Å². The maximum absolute atomic E-state index is 5.52. The lowest BCUT2D eigenvalue weighted by Crippen LogP contribution is -2.47. The summed E-state index contributed by atoms with van der Waals surface area (Å²) in [5.41, 5.74) is 1.34. The maximum atomic E-state index is 5.52. The summed E-state index contributed by atoms with van der Waals surface area (Å²) in [5.74, 6) is 2.36. The van der Waals surface area contributed by atoms with E-state index in [9.17, 15) is 0 Å². The number of nitrogens with one attached hydrogen (secondary N) is 1. The number of hydrogen-bond donors (Lipinski definition) is 1. The summed E-state index contributed by atoms with van der Waals surface area (Å²) in [7, 11) is 3.39. The Kier molecular flexibility index (Phi) is 9.17. The summed E-state index contributed by atoms with van der Waals surface area (Å²) in [6, 6.07) is 4.68. The number of rotatable bonds is 5. The van der Waals surface area contributed by atoms with Crippen molar-refractivity contribution in [2.45, 2.75) is 25.3 Å². The van der Waals surface area contributed by atoms with E-state index in [1.165, 1.54) is 24.8 Å². The molecule has 1 saturated heterocycles. The molecule has 0 spiro atoms. The first-order chi connectivity index (χ1) is 10.7. The Morgan fingerprint density at radius 2 is 1.67 bits per heavy atom. The lowest BCUT2D eigenvalue weighted by atomic mass is 9.76. The summed E-state index contributed by atoms with van der Waals surface area (Å²) < 4.78 is 12.1. The molecule has 0 unspecified atom stereocenters. The molecule has 2 fully saturated rings. The zero-order valence-corrected chi connectivity index (χ0v) is 17.4. The third-order valence-electron chi connectivity index (χ3n) is 4.96. The number of piperazine rings is 1. The van der Waals surface area contributed by atoms with Gasteiger partial charge in [0.05, 0.1) is 14.2 Å². The Balaban J connectivity index is 0.00000144. The lowest BCUT2D eigenvalue weighted by molar-refractivity contribution is 0.0830. The highest BCUT2D eigenvalue weighted by molar-refractivity contribution is 9.10. The third-order valence-corrected chi connectivity index (χ3v) is 5.65. The first kappa shape index (κ1) is 21.8. The second-order valence-corrected chi connectivity index (χ2v) is 7.00. The van der Waals surface area contributed by atoms with E-state index >= 15 is 0 Å². The van der Waals surface area contributed by atoms with Crippen molar-refractivity contribution in [1.82, 2.24) is 10.2 Å². The van der Waals surface area contributed by atoms with Crippen LogP contribution >= 0.6 is 40.7 Å². The molecule has 4 nitrogen and oxygen atoms in total. The topological polar surface area (TPSA) is 33.7 Å². The molecule has 24 heavy (non-hydrogen) atoms. The van der Waals surface area contributed by atoms with Gasteiger partial charge in [-0.25, -0.2) is 0 Å².